The highest BCUT2D eigenvalue weighted by molar-refractivity contribution is 7.98. The normalized spacial score (nSPS) is 16.9. The summed E-state index contributed by atoms with van der Waals surface area (Å²) in [6, 6.07) is 2.78. The zero-order chi connectivity index (χ0) is 23.1. The van der Waals surface area contributed by atoms with E-state index in [4.69, 9.17) is 23.2 Å². The van der Waals surface area contributed by atoms with Crippen LogP contribution in [0.1, 0.15) is 38.7 Å². The Labute approximate surface area is 197 Å². The van der Waals surface area contributed by atoms with E-state index in [9.17, 15) is 19.5 Å². The van der Waals surface area contributed by atoms with Gasteiger partial charge in [-0.1, -0.05) is 49.5 Å². The van der Waals surface area contributed by atoms with Gasteiger partial charge in [-0.3, -0.25) is 9.59 Å². The summed E-state index contributed by atoms with van der Waals surface area (Å²) in [7, 11) is 0. The predicted octanol–water partition coefficient (Wildman–Crippen LogP) is 4.58. The molecule has 1 aliphatic rings. The molecular weight excluding hydrogens is 459 g/mol. The lowest BCUT2D eigenvalue weighted by Gasteiger charge is -2.31. The van der Waals surface area contributed by atoms with Gasteiger partial charge in [0.25, 0.3) is 0 Å². The van der Waals surface area contributed by atoms with Crippen LogP contribution < -0.4 is 5.32 Å². The first kappa shape index (κ1) is 25.6. The second-order valence-electron chi connectivity index (χ2n) is 7.63. The van der Waals surface area contributed by atoms with Gasteiger partial charge in [0.2, 0.25) is 11.8 Å². The maximum atomic E-state index is 12.5. The van der Waals surface area contributed by atoms with Gasteiger partial charge in [0, 0.05) is 30.0 Å². The van der Waals surface area contributed by atoms with Crippen molar-refractivity contribution in [3.63, 3.8) is 0 Å². The summed E-state index contributed by atoms with van der Waals surface area (Å²) in [4.78, 5) is 39.0. The number of halogens is 2. The second kappa shape index (κ2) is 11.8. The molecule has 0 spiro atoms. The Morgan fingerprint density at radius 1 is 1.26 bits per heavy atom. The highest BCUT2D eigenvalue weighted by Crippen LogP contribution is 2.35. The van der Waals surface area contributed by atoms with Crippen LogP contribution in [-0.4, -0.2) is 53.2 Å². The third kappa shape index (κ3) is 6.64. The van der Waals surface area contributed by atoms with Gasteiger partial charge in [0.15, 0.2) is 0 Å². The lowest BCUT2D eigenvalue weighted by molar-refractivity contribution is -0.144. The van der Waals surface area contributed by atoms with Crippen molar-refractivity contribution in [2.75, 3.05) is 19.3 Å². The summed E-state index contributed by atoms with van der Waals surface area (Å²) in [5.41, 5.74) is 0.664. The van der Waals surface area contributed by atoms with E-state index in [-0.39, 0.29) is 23.7 Å². The van der Waals surface area contributed by atoms with Crippen molar-refractivity contribution < 1.29 is 19.5 Å². The van der Waals surface area contributed by atoms with Gasteiger partial charge in [-0.15, -0.1) is 11.8 Å². The molecule has 6 nitrogen and oxygen atoms in total. The van der Waals surface area contributed by atoms with Crippen LogP contribution in [-0.2, 0) is 14.4 Å². The lowest BCUT2D eigenvalue weighted by atomic mass is 9.93. The Morgan fingerprint density at radius 3 is 2.45 bits per heavy atom. The quantitative estimate of drug-likeness (QED) is 0.414. The van der Waals surface area contributed by atoms with Crippen molar-refractivity contribution >= 4 is 58.8 Å². The van der Waals surface area contributed by atoms with Crippen molar-refractivity contribution in [2.24, 2.45) is 11.8 Å². The number of piperidine rings is 1. The molecule has 1 fully saturated rings. The Hall–Kier alpha value is -1.70. The monoisotopic (exact) mass is 486 g/mol. The van der Waals surface area contributed by atoms with E-state index in [0.717, 1.165) is 4.90 Å². The molecule has 2 rings (SSSR count). The van der Waals surface area contributed by atoms with E-state index in [2.05, 4.69) is 5.32 Å². The van der Waals surface area contributed by atoms with Crippen molar-refractivity contribution in [1.82, 2.24) is 10.2 Å². The first-order valence-electron chi connectivity index (χ1n) is 10.2. The molecule has 31 heavy (non-hydrogen) atoms. The topological polar surface area (TPSA) is 86.7 Å². The fourth-order valence-electron chi connectivity index (χ4n) is 3.42. The minimum absolute atomic E-state index is 0.154. The van der Waals surface area contributed by atoms with Crippen LogP contribution in [0.5, 0.6) is 0 Å². The van der Waals surface area contributed by atoms with Gasteiger partial charge >= 0.3 is 5.97 Å². The van der Waals surface area contributed by atoms with Crippen molar-refractivity contribution in [3.8, 4) is 0 Å². The molecule has 0 bridgehead atoms. The highest BCUT2D eigenvalue weighted by atomic mass is 35.5. The van der Waals surface area contributed by atoms with Gasteiger partial charge < -0.3 is 15.3 Å². The van der Waals surface area contributed by atoms with E-state index in [1.807, 2.05) is 25.3 Å². The Kier molecular flexibility index (Phi) is 9.72. The number of hydrogen-bond donors (Lipinski definition) is 2. The summed E-state index contributed by atoms with van der Waals surface area (Å²) < 4.78 is 0. The number of carboxylic acids is 1. The minimum atomic E-state index is -1.02. The number of benzene rings is 1. The van der Waals surface area contributed by atoms with Crippen LogP contribution >= 0.6 is 35.0 Å². The maximum absolute atomic E-state index is 12.5. The molecule has 0 aliphatic carbocycles. The summed E-state index contributed by atoms with van der Waals surface area (Å²) in [6.45, 7) is 4.56. The average molecular weight is 487 g/mol. The first-order chi connectivity index (χ1) is 14.7. The fourth-order valence-corrected chi connectivity index (χ4v) is 4.59. The molecule has 2 amide bonds. The number of rotatable bonds is 8. The van der Waals surface area contributed by atoms with Gasteiger partial charge in [0.1, 0.15) is 6.04 Å². The van der Waals surface area contributed by atoms with E-state index in [1.54, 1.807) is 17.9 Å². The van der Waals surface area contributed by atoms with Gasteiger partial charge in [-0.25, -0.2) is 4.79 Å². The molecule has 1 heterocycles. The van der Waals surface area contributed by atoms with E-state index < -0.39 is 12.0 Å². The van der Waals surface area contributed by atoms with Gasteiger partial charge in [-0.2, -0.15) is 0 Å². The number of nitrogens with one attached hydrogen (secondary N) is 1. The molecule has 9 heteroatoms. The number of likely N-dealkylation sites (tertiary alicyclic amines) is 1. The molecule has 0 radical (unpaired) electrons. The van der Waals surface area contributed by atoms with Crippen LogP contribution in [0.3, 0.4) is 0 Å². The van der Waals surface area contributed by atoms with Crippen LogP contribution in [0.2, 0.25) is 10.0 Å². The zero-order valence-corrected chi connectivity index (χ0v) is 20.2. The Balaban J connectivity index is 1.93. The molecule has 1 aromatic carbocycles. The summed E-state index contributed by atoms with van der Waals surface area (Å²) in [5, 5.41) is 12.9. The standard InChI is InChI=1S/C22H28Cl2N2O4S/c1-4-13(2)20(22(29)30)25-21(28)15-9-11-26(12-10-15)17(27)8-6-14-5-7-16(31-3)19(24)18(14)23/h5-8,13,15,20H,4,9-12H2,1-3H3,(H,25,28)(H,29,30)/b8-6+. The summed E-state index contributed by atoms with van der Waals surface area (Å²) >= 11 is 14.0. The third-order valence-electron chi connectivity index (χ3n) is 5.66. The molecule has 170 valence electrons. The minimum Gasteiger partial charge on any atom is -0.480 e. The van der Waals surface area contributed by atoms with Crippen molar-refractivity contribution in [3.05, 3.63) is 33.8 Å². The number of aliphatic carboxylic acids is 1. The number of amides is 2. The molecule has 2 unspecified atom stereocenters. The second-order valence-corrected chi connectivity index (χ2v) is 9.23. The molecule has 1 aliphatic heterocycles. The zero-order valence-electron chi connectivity index (χ0n) is 17.9. The van der Waals surface area contributed by atoms with Crippen LogP contribution in [0.25, 0.3) is 6.08 Å². The molecule has 1 aromatic rings. The van der Waals surface area contributed by atoms with Crippen molar-refractivity contribution in [1.29, 1.82) is 0 Å². The molecule has 0 saturated carbocycles. The number of carbonyl (C=O) groups is 3. The smallest absolute Gasteiger partial charge is 0.326 e. The number of nitrogens with zero attached hydrogens (tertiary/aromatic N) is 1. The van der Waals surface area contributed by atoms with Crippen LogP contribution in [0, 0.1) is 11.8 Å². The molecule has 2 N–H and O–H groups in total. The van der Waals surface area contributed by atoms with Crippen LogP contribution in [0.15, 0.2) is 23.1 Å². The predicted molar refractivity (Wildman–Crippen MR) is 126 cm³/mol. The first-order valence-corrected chi connectivity index (χ1v) is 12.2. The summed E-state index contributed by atoms with van der Waals surface area (Å²) in [6.07, 6.45) is 6.65. The Bertz CT molecular complexity index is 854. The van der Waals surface area contributed by atoms with Crippen molar-refractivity contribution in [2.45, 2.75) is 44.0 Å². The van der Waals surface area contributed by atoms with E-state index in [1.165, 1.54) is 17.8 Å². The average Bonchev–Trinajstić information content (AvgIpc) is 2.77. The molecular formula is C22H28Cl2N2O4S. The SMILES string of the molecule is CCC(C)C(NC(=O)C1CCN(C(=O)/C=C/c2ccc(SC)c(Cl)c2Cl)CC1)C(=O)O. The maximum Gasteiger partial charge on any atom is 0.326 e. The van der Waals surface area contributed by atoms with E-state index in [0.29, 0.717) is 48.0 Å². The van der Waals surface area contributed by atoms with Gasteiger partial charge in [0.05, 0.1) is 10.0 Å². The number of thioether (sulfide) groups is 1. The van der Waals surface area contributed by atoms with Gasteiger partial charge in [-0.05, 0) is 42.7 Å². The number of hydrogen-bond acceptors (Lipinski definition) is 4. The molecule has 1 saturated heterocycles. The molecule has 2 atom stereocenters. The Morgan fingerprint density at radius 2 is 1.90 bits per heavy atom. The van der Waals surface area contributed by atoms with E-state index >= 15 is 0 Å². The largest absolute Gasteiger partial charge is 0.480 e. The van der Waals surface area contributed by atoms with Crippen LogP contribution in [0.4, 0.5) is 0 Å². The third-order valence-corrected chi connectivity index (χ3v) is 7.44. The lowest BCUT2D eigenvalue weighted by Crippen LogP contribution is -2.49. The summed E-state index contributed by atoms with van der Waals surface area (Å²) in [5.74, 6) is -1.90. The fraction of sp³-hybridized carbons (Fsp3) is 0.500. The number of carboxylic acid groups (broad SMARTS) is 1. The molecule has 0 aromatic heterocycles. The number of carbonyl (C=O) groups excluding carboxylic acids is 2. The highest BCUT2D eigenvalue weighted by Gasteiger charge is 2.31.